The van der Waals surface area contributed by atoms with Crippen molar-refractivity contribution in [2.45, 2.75) is 11.8 Å². The van der Waals surface area contributed by atoms with Crippen molar-refractivity contribution in [2.75, 3.05) is 0 Å². The highest BCUT2D eigenvalue weighted by molar-refractivity contribution is 7.90. The van der Waals surface area contributed by atoms with Crippen molar-refractivity contribution in [3.63, 3.8) is 0 Å². The number of hydrogen-bond donors (Lipinski definition) is 1. The molecule has 8 heteroatoms. The van der Waals surface area contributed by atoms with Crippen LogP contribution < -0.4 is 5.73 Å². The Kier molecular flexibility index (Phi) is 4.93. The van der Waals surface area contributed by atoms with Crippen LogP contribution in [0.15, 0.2) is 78.1 Å². The fourth-order valence-electron chi connectivity index (χ4n) is 3.09. The maximum absolute atomic E-state index is 13.3. The van der Waals surface area contributed by atoms with Gasteiger partial charge in [0.2, 0.25) is 5.91 Å². The van der Waals surface area contributed by atoms with E-state index in [1.54, 1.807) is 48.8 Å². The minimum atomic E-state index is -3.89. The summed E-state index contributed by atoms with van der Waals surface area (Å²) in [5, 5.41) is 0.561. The summed E-state index contributed by atoms with van der Waals surface area (Å²) >= 11 is 0. The van der Waals surface area contributed by atoms with E-state index in [9.17, 15) is 13.2 Å². The van der Waals surface area contributed by atoms with Gasteiger partial charge in [0.15, 0.2) is 5.65 Å². The molecule has 3 heterocycles. The third-order valence-corrected chi connectivity index (χ3v) is 6.27. The van der Waals surface area contributed by atoms with Gasteiger partial charge in [0.05, 0.1) is 10.6 Å². The van der Waals surface area contributed by atoms with E-state index in [0.29, 0.717) is 16.6 Å². The molecule has 30 heavy (non-hydrogen) atoms. The molecular weight excluding hydrogens is 400 g/mol. The molecule has 0 saturated carbocycles. The molecule has 0 aliphatic rings. The summed E-state index contributed by atoms with van der Waals surface area (Å²) in [5.74, 6) is -0.633. The van der Waals surface area contributed by atoms with Gasteiger partial charge in [0.1, 0.15) is 0 Å². The number of aryl methyl sites for hydroxylation is 1. The first-order valence-corrected chi connectivity index (χ1v) is 10.5. The average Bonchev–Trinajstić information content (AvgIpc) is 3.12. The summed E-state index contributed by atoms with van der Waals surface area (Å²) in [6.07, 6.45) is 7.35. The summed E-state index contributed by atoms with van der Waals surface area (Å²) in [4.78, 5) is 20.1. The van der Waals surface area contributed by atoms with Crippen LogP contribution in [0.2, 0.25) is 0 Å². The van der Waals surface area contributed by atoms with E-state index in [2.05, 4.69) is 9.97 Å². The zero-order valence-corrected chi connectivity index (χ0v) is 16.9. The van der Waals surface area contributed by atoms with E-state index >= 15 is 0 Å². The quantitative estimate of drug-likeness (QED) is 0.501. The zero-order chi connectivity index (χ0) is 21.3. The van der Waals surface area contributed by atoms with Crippen LogP contribution in [0.3, 0.4) is 0 Å². The number of benzene rings is 1. The predicted molar refractivity (Wildman–Crippen MR) is 115 cm³/mol. The van der Waals surface area contributed by atoms with Gasteiger partial charge in [0.25, 0.3) is 10.0 Å². The fraction of sp³-hybridized carbons (Fsp3) is 0.0455. The highest BCUT2D eigenvalue weighted by atomic mass is 32.2. The minimum Gasteiger partial charge on any atom is -0.366 e. The van der Waals surface area contributed by atoms with Crippen LogP contribution in [-0.4, -0.2) is 28.3 Å². The number of nitrogens with zero attached hydrogens (tertiary/aromatic N) is 3. The lowest BCUT2D eigenvalue weighted by Crippen LogP contribution is -2.12. The number of fused-ring (bicyclic) bond motifs is 1. The van der Waals surface area contributed by atoms with E-state index < -0.39 is 15.9 Å². The molecular formula is C22H18N4O3S. The second kappa shape index (κ2) is 7.57. The van der Waals surface area contributed by atoms with Crippen molar-refractivity contribution in [3.05, 3.63) is 84.3 Å². The fourth-order valence-corrected chi connectivity index (χ4v) is 4.42. The molecule has 0 spiro atoms. The van der Waals surface area contributed by atoms with Gasteiger partial charge in [-0.1, -0.05) is 23.8 Å². The van der Waals surface area contributed by atoms with Crippen LogP contribution in [0.5, 0.6) is 0 Å². The standard InChI is InChI=1S/C22H18N4O3S/c1-15-5-8-18(9-6-15)30(28,29)26-14-16(7-10-21(23)27)19-12-17(13-25-22(19)26)20-4-2-3-11-24-20/h2-14H,1H3,(H2,23,27). The lowest BCUT2D eigenvalue weighted by atomic mass is 10.1. The summed E-state index contributed by atoms with van der Waals surface area (Å²) in [6, 6.07) is 13.9. The Bertz CT molecular complexity index is 1370. The van der Waals surface area contributed by atoms with Crippen LogP contribution in [0.25, 0.3) is 28.4 Å². The highest BCUT2D eigenvalue weighted by Crippen LogP contribution is 2.29. The number of carbonyl (C=O) groups is 1. The number of nitrogens with two attached hydrogens (primary N) is 1. The molecule has 4 aromatic rings. The Balaban J connectivity index is 1.94. The molecule has 0 saturated heterocycles. The molecule has 1 aromatic carbocycles. The maximum atomic E-state index is 13.3. The second-order valence-electron chi connectivity index (χ2n) is 6.74. The van der Waals surface area contributed by atoms with Crippen molar-refractivity contribution in [1.82, 2.24) is 13.9 Å². The lowest BCUT2D eigenvalue weighted by molar-refractivity contribution is -0.113. The molecule has 0 radical (unpaired) electrons. The predicted octanol–water partition coefficient (Wildman–Crippen LogP) is 3.14. The first kappa shape index (κ1) is 19.5. The SMILES string of the molecule is Cc1ccc(S(=O)(=O)n2cc(C=CC(N)=O)c3cc(-c4ccccn4)cnc32)cc1. The monoisotopic (exact) mass is 418 g/mol. The Morgan fingerprint density at radius 1 is 1.10 bits per heavy atom. The normalized spacial score (nSPS) is 11.9. The van der Waals surface area contributed by atoms with Crippen molar-refractivity contribution in [1.29, 1.82) is 0 Å². The number of aromatic nitrogens is 3. The van der Waals surface area contributed by atoms with E-state index in [1.165, 1.54) is 18.3 Å². The number of hydrogen-bond acceptors (Lipinski definition) is 5. The Morgan fingerprint density at radius 3 is 2.53 bits per heavy atom. The van der Waals surface area contributed by atoms with Gasteiger partial charge in [-0.2, -0.15) is 0 Å². The molecule has 2 N–H and O–H groups in total. The lowest BCUT2D eigenvalue weighted by Gasteiger charge is -2.07. The van der Waals surface area contributed by atoms with E-state index in [-0.39, 0.29) is 10.5 Å². The number of amides is 1. The third-order valence-electron chi connectivity index (χ3n) is 4.61. The first-order valence-electron chi connectivity index (χ1n) is 9.08. The van der Waals surface area contributed by atoms with Crippen LogP contribution >= 0.6 is 0 Å². The largest absolute Gasteiger partial charge is 0.366 e. The molecule has 0 aliphatic carbocycles. The van der Waals surface area contributed by atoms with Crippen molar-refractivity contribution in [2.24, 2.45) is 5.73 Å². The van der Waals surface area contributed by atoms with Crippen molar-refractivity contribution in [3.8, 4) is 11.3 Å². The zero-order valence-electron chi connectivity index (χ0n) is 16.1. The average molecular weight is 418 g/mol. The molecule has 0 unspecified atom stereocenters. The van der Waals surface area contributed by atoms with Gasteiger partial charge in [-0.3, -0.25) is 9.78 Å². The van der Waals surface area contributed by atoms with Gasteiger partial charge < -0.3 is 5.73 Å². The summed E-state index contributed by atoms with van der Waals surface area (Å²) in [6.45, 7) is 1.88. The molecule has 7 nitrogen and oxygen atoms in total. The molecule has 0 atom stereocenters. The van der Waals surface area contributed by atoms with E-state index in [0.717, 1.165) is 15.1 Å². The van der Waals surface area contributed by atoms with Gasteiger partial charge >= 0.3 is 0 Å². The van der Waals surface area contributed by atoms with Crippen molar-refractivity contribution < 1.29 is 13.2 Å². The molecule has 0 fully saturated rings. The summed E-state index contributed by atoms with van der Waals surface area (Å²) in [7, 11) is -3.89. The first-order chi connectivity index (χ1) is 14.4. The second-order valence-corrected chi connectivity index (χ2v) is 8.56. The highest BCUT2D eigenvalue weighted by Gasteiger charge is 2.22. The van der Waals surface area contributed by atoms with E-state index in [4.69, 9.17) is 5.73 Å². The van der Waals surface area contributed by atoms with Crippen molar-refractivity contribution >= 4 is 33.0 Å². The number of pyridine rings is 2. The summed E-state index contributed by atoms with van der Waals surface area (Å²) in [5.41, 5.74) is 8.36. The number of carbonyl (C=O) groups excluding carboxylic acids is 1. The maximum Gasteiger partial charge on any atom is 0.269 e. The van der Waals surface area contributed by atoms with Crippen LogP contribution in [0, 0.1) is 6.92 Å². The smallest absolute Gasteiger partial charge is 0.269 e. The number of rotatable bonds is 5. The van der Waals surface area contributed by atoms with Gasteiger partial charge in [0, 0.05) is 41.2 Å². The minimum absolute atomic E-state index is 0.144. The molecule has 3 aromatic heterocycles. The molecule has 0 aliphatic heterocycles. The van der Waals surface area contributed by atoms with Crippen LogP contribution in [0.4, 0.5) is 0 Å². The Morgan fingerprint density at radius 2 is 1.87 bits per heavy atom. The van der Waals surface area contributed by atoms with Gasteiger partial charge in [-0.25, -0.2) is 17.4 Å². The molecule has 150 valence electrons. The van der Waals surface area contributed by atoms with E-state index in [1.807, 2.05) is 19.1 Å². The van der Waals surface area contributed by atoms with Crippen LogP contribution in [-0.2, 0) is 14.8 Å². The van der Waals surface area contributed by atoms with Gasteiger partial charge in [-0.05, 0) is 43.3 Å². The third kappa shape index (κ3) is 3.60. The molecule has 0 bridgehead atoms. The Hall–Kier alpha value is -3.78. The summed E-state index contributed by atoms with van der Waals surface area (Å²) < 4.78 is 27.6. The molecule has 1 amide bonds. The van der Waals surface area contributed by atoms with Crippen LogP contribution in [0.1, 0.15) is 11.1 Å². The Labute approximate surface area is 173 Å². The molecule has 4 rings (SSSR count). The number of primary amides is 1. The topological polar surface area (TPSA) is 108 Å². The van der Waals surface area contributed by atoms with Gasteiger partial charge in [-0.15, -0.1) is 0 Å².